The fourth-order valence-corrected chi connectivity index (χ4v) is 2.51. The number of urea groups is 1. The average molecular weight is 282 g/mol. The molecule has 0 saturated carbocycles. The summed E-state index contributed by atoms with van der Waals surface area (Å²) in [6.45, 7) is 3.34. The standard InChI is InChI=1S/C12H18N4O2S/c1-15-7-9-16(10-8-15)13-12(17)14-19(18)11-5-3-2-4-6-11/h2-6H,7-10H2,1H3,(H2,13,14,17). The van der Waals surface area contributed by atoms with E-state index in [9.17, 15) is 9.00 Å². The number of nitrogens with zero attached hydrogens (tertiary/aromatic N) is 2. The summed E-state index contributed by atoms with van der Waals surface area (Å²) >= 11 is 0. The SMILES string of the molecule is CN1CCN(NC(=O)NS(=O)c2ccccc2)CC1. The number of carbonyl (C=O) groups is 1. The second kappa shape index (κ2) is 6.65. The van der Waals surface area contributed by atoms with Gasteiger partial charge in [0, 0.05) is 26.2 Å². The van der Waals surface area contributed by atoms with E-state index >= 15 is 0 Å². The predicted molar refractivity (Wildman–Crippen MR) is 73.6 cm³/mol. The number of hydrogen-bond acceptors (Lipinski definition) is 4. The van der Waals surface area contributed by atoms with Gasteiger partial charge in [0.25, 0.3) is 0 Å². The van der Waals surface area contributed by atoms with Crippen molar-refractivity contribution in [3.05, 3.63) is 30.3 Å². The fraction of sp³-hybridized carbons (Fsp3) is 0.417. The Bertz CT molecular complexity index is 446. The Balaban J connectivity index is 1.80. The van der Waals surface area contributed by atoms with E-state index in [1.807, 2.05) is 18.1 Å². The highest BCUT2D eigenvalue weighted by atomic mass is 32.2. The fourth-order valence-electron chi connectivity index (χ4n) is 1.77. The molecule has 104 valence electrons. The maximum absolute atomic E-state index is 11.9. The Hall–Kier alpha value is -1.44. The number of piperazine rings is 1. The first-order valence-electron chi connectivity index (χ1n) is 6.13. The minimum absolute atomic E-state index is 0.438. The van der Waals surface area contributed by atoms with E-state index in [1.54, 1.807) is 24.3 Å². The number of hydrazine groups is 1. The third-order valence-electron chi connectivity index (χ3n) is 2.91. The molecule has 0 aliphatic carbocycles. The van der Waals surface area contributed by atoms with Crippen LogP contribution in [-0.2, 0) is 11.0 Å². The van der Waals surface area contributed by atoms with Gasteiger partial charge in [0.2, 0.25) is 0 Å². The molecule has 7 heteroatoms. The highest BCUT2D eigenvalue weighted by molar-refractivity contribution is 7.83. The summed E-state index contributed by atoms with van der Waals surface area (Å²) in [5, 5.41) is 1.83. The molecule has 1 unspecified atom stereocenters. The molecule has 1 aromatic carbocycles. The molecule has 0 spiro atoms. The molecule has 1 atom stereocenters. The maximum atomic E-state index is 11.9. The van der Waals surface area contributed by atoms with E-state index in [0.29, 0.717) is 4.90 Å². The second-order valence-corrected chi connectivity index (χ2v) is 5.63. The summed E-state index contributed by atoms with van der Waals surface area (Å²) in [7, 11) is 0.520. The Morgan fingerprint density at radius 3 is 2.42 bits per heavy atom. The van der Waals surface area contributed by atoms with Crippen molar-refractivity contribution in [3.8, 4) is 0 Å². The van der Waals surface area contributed by atoms with Crippen molar-refractivity contribution in [2.24, 2.45) is 0 Å². The van der Waals surface area contributed by atoms with Crippen LogP contribution >= 0.6 is 0 Å². The summed E-state index contributed by atoms with van der Waals surface area (Å²) in [5.74, 6) is 0. The first kappa shape index (κ1) is 14.0. The minimum atomic E-state index is -1.52. The zero-order valence-electron chi connectivity index (χ0n) is 10.8. The van der Waals surface area contributed by atoms with Crippen molar-refractivity contribution in [2.45, 2.75) is 4.90 Å². The average Bonchev–Trinajstić information content (AvgIpc) is 2.42. The number of likely N-dealkylation sites (N-methyl/N-ethyl adjacent to an activating group) is 1. The summed E-state index contributed by atoms with van der Waals surface area (Å²) in [4.78, 5) is 14.5. The third kappa shape index (κ3) is 4.30. The number of rotatable bonds is 3. The van der Waals surface area contributed by atoms with Crippen molar-refractivity contribution < 1.29 is 9.00 Å². The number of benzene rings is 1. The number of carbonyl (C=O) groups excluding carboxylic acids is 1. The lowest BCUT2D eigenvalue weighted by atomic mass is 10.4. The van der Waals surface area contributed by atoms with E-state index in [-0.39, 0.29) is 0 Å². The summed E-state index contributed by atoms with van der Waals surface area (Å²) < 4.78 is 14.3. The van der Waals surface area contributed by atoms with E-state index < -0.39 is 17.0 Å². The van der Waals surface area contributed by atoms with Crippen LogP contribution in [0.15, 0.2) is 35.2 Å². The molecule has 1 aromatic rings. The van der Waals surface area contributed by atoms with Crippen molar-refractivity contribution >= 4 is 17.0 Å². The zero-order valence-corrected chi connectivity index (χ0v) is 11.7. The van der Waals surface area contributed by atoms with Crippen LogP contribution in [0.1, 0.15) is 0 Å². The largest absolute Gasteiger partial charge is 0.341 e. The molecule has 2 amide bonds. The predicted octanol–water partition coefficient (Wildman–Crippen LogP) is 0.171. The lowest BCUT2D eigenvalue weighted by Gasteiger charge is -2.32. The van der Waals surface area contributed by atoms with Crippen molar-refractivity contribution in [2.75, 3.05) is 33.2 Å². The van der Waals surface area contributed by atoms with Crippen LogP contribution < -0.4 is 10.1 Å². The van der Waals surface area contributed by atoms with Crippen molar-refractivity contribution in [1.29, 1.82) is 0 Å². The van der Waals surface area contributed by atoms with Crippen LogP contribution in [0.3, 0.4) is 0 Å². The number of amides is 2. The highest BCUT2D eigenvalue weighted by Gasteiger charge is 2.16. The molecule has 0 aromatic heterocycles. The molecule has 2 N–H and O–H groups in total. The third-order valence-corrected chi connectivity index (χ3v) is 3.98. The van der Waals surface area contributed by atoms with E-state index in [1.165, 1.54) is 0 Å². The molecule has 1 aliphatic rings. The molecule has 1 aliphatic heterocycles. The second-order valence-electron chi connectivity index (χ2n) is 4.42. The molecule has 1 heterocycles. The monoisotopic (exact) mass is 282 g/mol. The molecule has 6 nitrogen and oxygen atoms in total. The number of hydrogen-bond donors (Lipinski definition) is 2. The quantitative estimate of drug-likeness (QED) is 0.829. The molecule has 0 radical (unpaired) electrons. The first-order chi connectivity index (χ1) is 9.15. The van der Waals surface area contributed by atoms with E-state index in [2.05, 4.69) is 15.0 Å². The normalized spacial score (nSPS) is 18.8. The zero-order chi connectivity index (χ0) is 13.7. The van der Waals surface area contributed by atoms with Gasteiger partial charge in [-0.1, -0.05) is 18.2 Å². The van der Waals surface area contributed by atoms with Crippen LogP contribution in [0.25, 0.3) is 0 Å². The summed E-state index contributed by atoms with van der Waals surface area (Å²) in [6.07, 6.45) is 0. The Morgan fingerprint density at radius 2 is 1.79 bits per heavy atom. The van der Waals surface area contributed by atoms with Gasteiger partial charge in [-0.05, 0) is 19.2 Å². The Labute approximate surface area is 115 Å². The van der Waals surface area contributed by atoms with Gasteiger partial charge < -0.3 is 4.90 Å². The van der Waals surface area contributed by atoms with Gasteiger partial charge in [-0.15, -0.1) is 0 Å². The van der Waals surface area contributed by atoms with Crippen LogP contribution in [0, 0.1) is 0 Å². The number of nitrogens with one attached hydrogen (secondary N) is 2. The van der Waals surface area contributed by atoms with Crippen LogP contribution in [0.4, 0.5) is 4.79 Å². The Morgan fingerprint density at radius 1 is 1.16 bits per heavy atom. The molecule has 2 rings (SSSR count). The van der Waals surface area contributed by atoms with Crippen LogP contribution in [-0.4, -0.2) is 53.4 Å². The Kier molecular flexibility index (Phi) is 4.89. The lowest BCUT2D eigenvalue weighted by molar-refractivity contribution is 0.114. The topological polar surface area (TPSA) is 64.7 Å². The minimum Gasteiger partial charge on any atom is -0.304 e. The molecule has 0 bridgehead atoms. The van der Waals surface area contributed by atoms with E-state index in [4.69, 9.17) is 0 Å². The van der Waals surface area contributed by atoms with Crippen LogP contribution in [0.5, 0.6) is 0 Å². The van der Waals surface area contributed by atoms with Gasteiger partial charge in [-0.2, -0.15) is 0 Å². The first-order valence-corrected chi connectivity index (χ1v) is 7.28. The van der Waals surface area contributed by atoms with Crippen molar-refractivity contribution in [3.63, 3.8) is 0 Å². The molecular formula is C12H18N4O2S. The van der Waals surface area contributed by atoms with E-state index in [0.717, 1.165) is 26.2 Å². The van der Waals surface area contributed by atoms with Gasteiger partial charge in [0.05, 0.1) is 4.90 Å². The molecule has 19 heavy (non-hydrogen) atoms. The van der Waals surface area contributed by atoms with Gasteiger partial charge >= 0.3 is 6.03 Å². The van der Waals surface area contributed by atoms with Crippen molar-refractivity contribution in [1.82, 2.24) is 20.1 Å². The lowest BCUT2D eigenvalue weighted by Crippen LogP contribution is -2.54. The van der Waals surface area contributed by atoms with Gasteiger partial charge in [-0.25, -0.2) is 14.0 Å². The molecular weight excluding hydrogens is 264 g/mol. The highest BCUT2D eigenvalue weighted by Crippen LogP contribution is 2.02. The maximum Gasteiger partial charge on any atom is 0.341 e. The van der Waals surface area contributed by atoms with Gasteiger partial charge in [-0.3, -0.25) is 10.1 Å². The summed E-state index contributed by atoms with van der Waals surface area (Å²) in [5.41, 5.74) is 2.70. The van der Waals surface area contributed by atoms with Gasteiger partial charge in [0.15, 0.2) is 11.0 Å². The molecule has 1 saturated heterocycles. The smallest absolute Gasteiger partial charge is 0.304 e. The van der Waals surface area contributed by atoms with Crippen LogP contribution in [0.2, 0.25) is 0 Å². The molecule has 1 fully saturated rings. The van der Waals surface area contributed by atoms with Gasteiger partial charge in [0.1, 0.15) is 0 Å². The summed E-state index contributed by atoms with van der Waals surface area (Å²) in [6, 6.07) is 8.40.